The summed E-state index contributed by atoms with van der Waals surface area (Å²) < 4.78 is 0. The number of nitrogens with zero attached hydrogens (tertiary/aromatic N) is 1. The number of rotatable bonds is 2. The van der Waals surface area contributed by atoms with Gasteiger partial charge in [-0.2, -0.15) is 11.3 Å². The third kappa shape index (κ3) is 2.24. The van der Waals surface area contributed by atoms with Crippen LogP contribution >= 0.6 is 11.3 Å². The van der Waals surface area contributed by atoms with Crippen LogP contribution in [0.5, 0.6) is 0 Å². The van der Waals surface area contributed by atoms with E-state index in [9.17, 15) is 4.79 Å². The van der Waals surface area contributed by atoms with Gasteiger partial charge in [-0.1, -0.05) is 0 Å². The van der Waals surface area contributed by atoms with Gasteiger partial charge in [-0.05, 0) is 59.5 Å². The highest BCUT2D eigenvalue weighted by Gasteiger charge is 2.30. The SMILES string of the molecule is CC1Cc2cc(N)ccc2N1C(=O)Cc1ccsc1. The molecule has 4 heteroatoms. The molecule has 0 saturated carbocycles. The number of nitrogens with two attached hydrogens (primary N) is 1. The molecule has 1 amide bonds. The second-order valence-corrected chi connectivity index (χ2v) is 5.79. The van der Waals surface area contributed by atoms with E-state index < -0.39 is 0 Å². The van der Waals surface area contributed by atoms with Crippen molar-refractivity contribution in [2.45, 2.75) is 25.8 Å². The number of thiophene rings is 1. The summed E-state index contributed by atoms with van der Waals surface area (Å²) in [5.74, 6) is 0.162. The molecule has 0 radical (unpaired) electrons. The zero-order chi connectivity index (χ0) is 13.4. The second kappa shape index (κ2) is 4.70. The van der Waals surface area contributed by atoms with Crippen LogP contribution in [0, 0.1) is 0 Å². The highest BCUT2D eigenvalue weighted by Crippen LogP contribution is 2.34. The number of carbonyl (C=O) groups is 1. The number of anilines is 2. The van der Waals surface area contributed by atoms with Crippen LogP contribution in [0.1, 0.15) is 18.1 Å². The van der Waals surface area contributed by atoms with Gasteiger partial charge in [-0.3, -0.25) is 4.79 Å². The fraction of sp³-hybridized carbons (Fsp3) is 0.267. The molecule has 1 unspecified atom stereocenters. The van der Waals surface area contributed by atoms with E-state index in [4.69, 9.17) is 5.73 Å². The summed E-state index contributed by atoms with van der Waals surface area (Å²) in [6.07, 6.45) is 1.35. The normalized spacial score (nSPS) is 17.5. The monoisotopic (exact) mass is 272 g/mol. The Morgan fingerprint density at radius 2 is 2.32 bits per heavy atom. The molecule has 2 N–H and O–H groups in total. The topological polar surface area (TPSA) is 46.3 Å². The van der Waals surface area contributed by atoms with Crippen molar-refractivity contribution in [3.63, 3.8) is 0 Å². The van der Waals surface area contributed by atoms with Crippen LogP contribution in [0.4, 0.5) is 11.4 Å². The molecule has 0 fully saturated rings. The summed E-state index contributed by atoms with van der Waals surface area (Å²) in [4.78, 5) is 14.4. The molecule has 3 nitrogen and oxygen atoms in total. The van der Waals surface area contributed by atoms with Gasteiger partial charge in [-0.15, -0.1) is 0 Å². The van der Waals surface area contributed by atoms with Crippen LogP contribution in [-0.4, -0.2) is 11.9 Å². The fourth-order valence-corrected chi connectivity index (χ4v) is 3.35. The highest BCUT2D eigenvalue weighted by molar-refractivity contribution is 7.08. The molecule has 0 bridgehead atoms. The highest BCUT2D eigenvalue weighted by atomic mass is 32.1. The van der Waals surface area contributed by atoms with Crippen molar-refractivity contribution in [1.82, 2.24) is 0 Å². The first-order chi connectivity index (χ1) is 9.15. The van der Waals surface area contributed by atoms with E-state index in [0.29, 0.717) is 6.42 Å². The maximum absolute atomic E-state index is 12.5. The van der Waals surface area contributed by atoms with E-state index in [2.05, 4.69) is 6.92 Å². The standard InChI is InChI=1S/C15H16N2OS/c1-10-6-12-8-13(16)2-3-14(12)17(10)15(18)7-11-4-5-19-9-11/h2-5,8-10H,6-7,16H2,1H3. The summed E-state index contributed by atoms with van der Waals surface area (Å²) in [5, 5.41) is 4.03. The van der Waals surface area contributed by atoms with Crippen molar-refractivity contribution < 1.29 is 4.79 Å². The number of hydrogen-bond donors (Lipinski definition) is 1. The molecule has 1 aromatic heterocycles. The lowest BCUT2D eigenvalue weighted by Gasteiger charge is -2.22. The summed E-state index contributed by atoms with van der Waals surface area (Å²) >= 11 is 1.63. The summed E-state index contributed by atoms with van der Waals surface area (Å²) in [5.41, 5.74) is 9.84. The van der Waals surface area contributed by atoms with E-state index in [0.717, 1.165) is 23.4 Å². The first-order valence-corrected chi connectivity index (χ1v) is 7.31. The van der Waals surface area contributed by atoms with Gasteiger partial charge in [0.05, 0.1) is 6.42 Å². The van der Waals surface area contributed by atoms with Crippen molar-refractivity contribution in [2.24, 2.45) is 0 Å². The van der Waals surface area contributed by atoms with Gasteiger partial charge in [0.15, 0.2) is 0 Å². The number of fused-ring (bicyclic) bond motifs is 1. The number of nitrogen functional groups attached to an aromatic ring is 1. The van der Waals surface area contributed by atoms with E-state index in [1.54, 1.807) is 11.3 Å². The van der Waals surface area contributed by atoms with Crippen molar-refractivity contribution in [3.05, 3.63) is 46.2 Å². The van der Waals surface area contributed by atoms with Gasteiger partial charge in [-0.25, -0.2) is 0 Å². The lowest BCUT2D eigenvalue weighted by Crippen LogP contribution is -2.36. The molecular weight excluding hydrogens is 256 g/mol. The van der Waals surface area contributed by atoms with E-state index >= 15 is 0 Å². The molecular formula is C15H16N2OS. The maximum atomic E-state index is 12.5. The quantitative estimate of drug-likeness (QED) is 0.854. The Labute approximate surface area is 116 Å². The van der Waals surface area contributed by atoms with Gasteiger partial charge in [0.2, 0.25) is 5.91 Å². The Balaban J connectivity index is 1.87. The summed E-state index contributed by atoms with van der Waals surface area (Å²) in [6, 6.07) is 8.01. The molecule has 3 rings (SSSR count). The molecule has 0 spiro atoms. The third-order valence-electron chi connectivity index (χ3n) is 3.52. The van der Waals surface area contributed by atoms with Crippen molar-refractivity contribution in [1.29, 1.82) is 0 Å². The second-order valence-electron chi connectivity index (χ2n) is 5.01. The lowest BCUT2D eigenvalue weighted by atomic mass is 10.1. The minimum atomic E-state index is 0.162. The predicted molar refractivity (Wildman–Crippen MR) is 79.5 cm³/mol. The Kier molecular flexibility index (Phi) is 3.03. The van der Waals surface area contributed by atoms with Crippen LogP contribution in [0.3, 0.4) is 0 Å². The molecule has 1 aromatic carbocycles. The minimum absolute atomic E-state index is 0.162. The Hall–Kier alpha value is -1.81. The van der Waals surface area contributed by atoms with Crippen molar-refractivity contribution in [2.75, 3.05) is 10.6 Å². The molecule has 2 aromatic rings. The van der Waals surface area contributed by atoms with Gasteiger partial charge in [0.25, 0.3) is 0 Å². The van der Waals surface area contributed by atoms with Crippen LogP contribution in [0.15, 0.2) is 35.0 Å². The number of carbonyl (C=O) groups excluding carboxylic acids is 1. The lowest BCUT2D eigenvalue weighted by molar-refractivity contribution is -0.118. The van der Waals surface area contributed by atoms with Crippen molar-refractivity contribution in [3.8, 4) is 0 Å². The first-order valence-electron chi connectivity index (χ1n) is 6.36. The van der Waals surface area contributed by atoms with E-state index in [1.807, 2.05) is 39.9 Å². The predicted octanol–water partition coefficient (Wildman–Crippen LogP) is 2.85. The third-order valence-corrected chi connectivity index (χ3v) is 4.26. The van der Waals surface area contributed by atoms with Crippen LogP contribution < -0.4 is 10.6 Å². The van der Waals surface area contributed by atoms with Gasteiger partial charge < -0.3 is 10.6 Å². The molecule has 0 saturated heterocycles. The molecule has 0 aliphatic carbocycles. The van der Waals surface area contributed by atoms with Crippen LogP contribution in [0.25, 0.3) is 0 Å². The largest absolute Gasteiger partial charge is 0.399 e. The zero-order valence-corrected chi connectivity index (χ0v) is 11.6. The molecule has 1 atom stereocenters. The summed E-state index contributed by atoms with van der Waals surface area (Å²) in [7, 11) is 0. The summed E-state index contributed by atoms with van der Waals surface area (Å²) in [6.45, 7) is 2.09. The number of hydrogen-bond acceptors (Lipinski definition) is 3. The molecule has 2 heterocycles. The minimum Gasteiger partial charge on any atom is -0.399 e. The van der Waals surface area contributed by atoms with Crippen LogP contribution in [-0.2, 0) is 17.6 Å². The Morgan fingerprint density at radius 1 is 1.47 bits per heavy atom. The fourth-order valence-electron chi connectivity index (χ4n) is 2.68. The smallest absolute Gasteiger partial charge is 0.231 e. The van der Waals surface area contributed by atoms with Gasteiger partial charge >= 0.3 is 0 Å². The average molecular weight is 272 g/mol. The Morgan fingerprint density at radius 3 is 3.05 bits per heavy atom. The first kappa shape index (κ1) is 12.2. The number of benzene rings is 1. The average Bonchev–Trinajstić information content (AvgIpc) is 2.95. The van der Waals surface area contributed by atoms with Crippen molar-refractivity contribution >= 4 is 28.6 Å². The number of amides is 1. The van der Waals surface area contributed by atoms with E-state index in [1.165, 1.54) is 5.56 Å². The maximum Gasteiger partial charge on any atom is 0.231 e. The van der Waals surface area contributed by atoms with Crippen LogP contribution in [0.2, 0.25) is 0 Å². The van der Waals surface area contributed by atoms with Gasteiger partial charge in [0, 0.05) is 17.4 Å². The molecule has 19 heavy (non-hydrogen) atoms. The van der Waals surface area contributed by atoms with E-state index in [-0.39, 0.29) is 11.9 Å². The molecule has 98 valence electrons. The Bertz CT molecular complexity index is 607. The van der Waals surface area contributed by atoms with Gasteiger partial charge in [0.1, 0.15) is 0 Å². The zero-order valence-electron chi connectivity index (χ0n) is 10.8. The molecule has 1 aliphatic heterocycles. The molecule has 1 aliphatic rings.